The lowest BCUT2D eigenvalue weighted by atomic mass is 10.2. The lowest BCUT2D eigenvalue weighted by Crippen LogP contribution is -2.12. The Kier molecular flexibility index (Phi) is 3.62. The van der Waals surface area contributed by atoms with Crippen molar-refractivity contribution in [2.24, 2.45) is 5.73 Å². The number of amides is 1. The third kappa shape index (κ3) is 3.28. The topological polar surface area (TPSA) is 60.2 Å². The van der Waals surface area contributed by atoms with E-state index in [1.807, 2.05) is 6.07 Å². The Labute approximate surface area is 88.1 Å². The number of halogens is 1. The summed E-state index contributed by atoms with van der Waals surface area (Å²) < 4.78 is 0.912. The fraction of sp³-hybridized carbons (Fsp3) is 0.250. The molecule has 0 spiro atoms. The van der Waals surface area contributed by atoms with Crippen LogP contribution in [0.4, 0.5) is 0 Å². The van der Waals surface area contributed by atoms with Gasteiger partial charge in [0.05, 0.1) is 8.66 Å². The SMILES string of the molecule is NC(=O)CCC(=O)c1ccc(Br)s1. The van der Waals surface area contributed by atoms with Crippen LogP contribution in [-0.4, -0.2) is 11.7 Å². The van der Waals surface area contributed by atoms with Crippen LogP contribution in [0.25, 0.3) is 0 Å². The van der Waals surface area contributed by atoms with Crippen LogP contribution in [0.2, 0.25) is 0 Å². The largest absolute Gasteiger partial charge is 0.370 e. The molecule has 1 amide bonds. The minimum Gasteiger partial charge on any atom is -0.370 e. The number of nitrogens with two attached hydrogens (primary N) is 1. The van der Waals surface area contributed by atoms with Crippen molar-refractivity contribution in [2.45, 2.75) is 12.8 Å². The van der Waals surface area contributed by atoms with Crippen LogP contribution in [0.1, 0.15) is 22.5 Å². The van der Waals surface area contributed by atoms with Crippen LogP contribution in [-0.2, 0) is 4.79 Å². The average molecular weight is 262 g/mol. The molecule has 0 aromatic carbocycles. The van der Waals surface area contributed by atoms with E-state index in [0.717, 1.165) is 3.79 Å². The highest BCUT2D eigenvalue weighted by Crippen LogP contribution is 2.23. The van der Waals surface area contributed by atoms with Gasteiger partial charge in [0.15, 0.2) is 5.78 Å². The second kappa shape index (κ2) is 4.53. The van der Waals surface area contributed by atoms with E-state index in [1.54, 1.807) is 6.07 Å². The number of carbonyl (C=O) groups is 2. The van der Waals surface area contributed by atoms with Gasteiger partial charge in [0.1, 0.15) is 0 Å². The number of ketones is 1. The monoisotopic (exact) mass is 261 g/mol. The highest BCUT2D eigenvalue weighted by atomic mass is 79.9. The molecule has 1 heterocycles. The molecule has 0 aliphatic rings. The van der Waals surface area contributed by atoms with Gasteiger partial charge in [0.25, 0.3) is 0 Å². The van der Waals surface area contributed by atoms with Crippen LogP contribution in [0.15, 0.2) is 15.9 Å². The smallest absolute Gasteiger partial charge is 0.217 e. The third-order valence-corrected chi connectivity index (χ3v) is 3.11. The molecular weight excluding hydrogens is 254 g/mol. The van der Waals surface area contributed by atoms with Crippen molar-refractivity contribution in [1.82, 2.24) is 0 Å². The van der Waals surface area contributed by atoms with Gasteiger partial charge < -0.3 is 5.73 Å². The molecule has 5 heteroatoms. The van der Waals surface area contributed by atoms with Crippen LogP contribution in [0, 0.1) is 0 Å². The molecule has 1 aromatic heterocycles. The molecule has 0 bridgehead atoms. The standard InChI is InChI=1S/C8H8BrNO2S/c9-7-3-2-6(13-7)5(11)1-4-8(10)12/h2-3H,1,4H2,(H2,10,12). The predicted octanol–water partition coefficient (Wildman–Crippen LogP) is 1.96. The first-order valence-electron chi connectivity index (χ1n) is 3.66. The van der Waals surface area contributed by atoms with Crippen molar-refractivity contribution in [3.8, 4) is 0 Å². The van der Waals surface area contributed by atoms with Gasteiger partial charge in [-0.25, -0.2) is 0 Å². The first kappa shape index (κ1) is 10.4. The fourth-order valence-corrected chi connectivity index (χ4v) is 2.18. The van der Waals surface area contributed by atoms with E-state index >= 15 is 0 Å². The van der Waals surface area contributed by atoms with Crippen LogP contribution < -0.4 is 5.73 Å². The number of hydrogen-bond acceptors (Lipinski definition) is 3. The second-order valence-electron chi connectivity index (χ2n) is 2.49. The highest BCUT2D eigenvalue weighted by molar-refractivity contribution is 9.11. The lowest BCUT2D eigenvalue weighted by molar-refractivity contribution is -0.117. The van der Waals surface area contributed by atoms with Gasteiger partial charge in [-0.2, -0.15) is 0 Å². The molecule has 3 nitrogen and oxygen atoms in total. The van der Waals surface area contributed by atoms with E-state index in [0.29, 0.717) is 4.88 Å². The van der Waals surface area contributed by atoms with Crippen LogP contribution in [0.5, 0.6) is 0 Å². The molecule has 0 saturated carbocycles. The maximum atomic E-state index is 11.3. The Morgan fingerprint density at radius 3 is 2.54 bits per heavy atom. The molecule has 0 fully saturated rings. The van der Waals surface area contributed by atoms with E-state index in [4.69, 9.17) is 5.73 Å². The van der Waals surface area contributed by atoms with E-state index in [-0.39, 0.29) is 18.6 Å². The van der Waals surface area contributed by atoms with Crippen molar-refractivity contribution >= 4 is 39.0 Å². The summed E-state index contributed by atoms with van der Waals surface area (Å²) in [5.74, 6) is -0.474. The first-order chi connectivity index (χ1) is 6.09. The van der Waals surface area contributed by atoms with Gasteiger partial charge in [-0.1, -0.05) is 0 Å². The van der Waals surface area contributed by atoms with Gasteiger partial charge in [0, 0.05) is 12.8 Å². The van der Waals surface area contributed by atoms with Gasteiger partial charge in [-0.3, -0.25) is 9.59 Å². The molecule has 70 valence electrons. The molecule has 0 radical (unpaired) electrons. The zero-order chi connectivity index (χ0) is 9.84. The fourth-order valence-electron chi connectivity index (χ4n) is 0.824. The van der Waals surface area contributed by atoms with E-state index in [9.17, 15) is 9.59 Å². The molecule has 0 atom stereocenters. The van der Waals surface area contributed by atoms with Crippen molar-refractivity contribution in [3.05, 3.63) is 20.8 Å². The summed E-state index contributed by atoms with van der Waals surface area (Å²) in [6.45, 7) is 0. The number of rotatable bonds is 4. The molecule has 1 rings (SSSR count). The maximum Gasteiger partial charge on any atom is 0.217 e. The highest BCUT2D eigenvalue weighted by Gasteiger charge is 2.09. The number of carbonyl (C=O) groups excluding carboxylic acids is 2. The average Bonchev–Trinajstić information content (AvgIpc) is 2.47. The summed E-state index contributed by atoms with van der Waals surface area (Å²) in [7, 11) is 0. The number of thiophene rings is 1. The summed E-state index contributed by atoms with van der Waals surface area (Å²) >= 11 is 4.62. The van der Waals surface area contributed by atoms with Gasteiger partial charge in [0.2, 0.25) is 5.91 Å². The summed E-state index contributed by atoms with van der Waals surface area (Å²) in [6, 6.07) is 3.54. The zero-order valence-corrected chi connectivity index (χ0v) is 9.15. The third-order valence-electron chi connectivity index (χ3n) is 1.45. The number of Topliss-reactive ketones (excluding diaryl/α,β-unsaturated/α-hetero) is 1. The summed E-state index contributed by atoms with van der Waals surface area (Å²) in [6.07, 6.45) is 0.316. The van der Waals surface area contributed by atoms with Gasteiger partial charge in [-0.05, 0) is 28.1 Å². The first-order valence-corrected chi connectivity index (χ1v) is 5.27. The number of primary amides is 1. The molecular formula is C8H8BrNO2S. The Hall–Kier alpha value is -0.680. The zero-order valence-electron chi connectivity index (χ0n) is 6.75. The van der Waals surface area contributed by atoms with Gasteiger partial charge in [-0.15, -0.1) is 11.3 Å². The molecule has 13 heavy (non-hydrogen) atoms. The molecule has 1 aromatic rings. The van der Waals surface area contributed by atoms with Gasteiger partial charge >= 0.3 is 0 Å². The van der Waals surface area contributed by atoms with Crippen LogP contribution in [0.3, 0.4) is 0 Å². The molecule has 0 aliphatic heterocycles. The van der Waals surface area contributed by atoms with Crippen molar-refractivity contribution in [1.29, 1.82) is 0 Å². The molecule has 0 aliphatic carbocycles. The van der Waals surface area contributed by atoms with E-state index in [1.165, 1.54) is 11.3 Å². The summed E-state index contributed by atoms with van der Waals surface area (Å²) in [4.78, 5) is 22.4. The molecule has 0 unspecified atom stereocenters. The molecule has 0 saturated heterocycles. The Morgan fingerprint density at radius 2 is 2.08 bits per heavy atom. The quantitative estimate of drug-likeness (QED) is 0.843. The van der Waals surface area contributed by atoms with Crippen molar-refractivity contribution in [3.63, 3.8) is 0 Å². The minimum absolute atomic E-state index is 0.0329. The Balaban J connectivity index is 2.54. The van der Waals surface area contributed by atoms with Crippen LogP contribution >= 0.6 is 27.3 Å². The normalized spacial score (nSPS) is 9.92. The lowest BCUT2D eigenvalue weighted by Gasteiger charge is -1.93. The summed E-state index contributed by atoms with van der Waals surface area (Å²) in [5.41, 5.74) is 4.93. The van der Waals surface area contributed by atoms with Crippen molar-refractivity contribution in [2.75, 3.05) is 0 Å². The Bertz CT molecular complexity index is 335. The minimum atomic E-state index is -0.441. The molecule has 2 N–H and O–H groups in total. The van der Waals surface area contributed by atoms with E-state index < -0.39 is 5.91 Å². The second-order valence-corrected chi connectivity index (χ2v) is 4.96. The van der Waals surface area contributed by atoms with E-state index in [2.05, 4.69) is 15.9 Å². The maximum absolute atomic E-state index is 11.3. The van der Waals surface area contributed by atoms with Crippen molar-refractivity contribution < 1.29 is 9.59 Å². The number of hydrogen-bond donors (Lipinski definition) is 1. The Morgan fingerprint density at radius 1 is 1.38 bits per heavy atom. The summed E-state index contributed by atoms with van der Waals surface area (Å²) in [5, 5.41) is 0. The predicted molar refractivity (Wildman–Crippen MR) is 54.8 cm³/mol.